The highest BCUT2D eigenvalue weighted by Gasteiger charge is 2.09. The lowest BCUT2D eigenvalue weighted by Crippen LogP contribution is -2.21. The second-order valence-electron chi connectivity index (χ2n) is 4.70. The first-order valence-corrected chi connectivity index (χ1v) is 7.08. The van der Waals surface area contributed by atoms with Gasteiger partial charge in [-0.05, 0) is 30.0 Å². The largest absolute Gasteiger partial charge is 0.465 e. The van der Waals surface area contributed by atoms with Crippen LogP contribution in [-0.4, -0.2) is 26.6 Å². The van der Waals surface area contributed by atoms with E-state index in [4.69, 9.17) is 14.2 Å². The normalized spacial score (nSPS) is 14.1. The predicted molar refractivity (Wildman–Crippen MR) is 77.7 cm³/mol. The molecule has 3 heteroatoms. The molecule has 0 aliphatic carbocycles. The molecule has 19 heavy (non-hydrogen) atoms. The average Bonchev–Trinajstić information content (AvgIpc) is 2.46. The van der Waals surface area contributed by atoms with Crippen LogP contribution in [0.25, 0.3) is 0 Å². The third-order valence-electron chi connectivity index (χ3n) is 3.25. The second-order valence-corrected chi connectivity index (χ2v) is 4.70. The Balaban J connectivity index is 2.50. The van der Waals surface area contributed by atoms with Gasteiger partial charge in [-0.1, -0.05) is 32.9 Å². The summed E-state index contributed by atoms with van der Waals surface area (Å²) in [6.07, 6.45) is 1.76. The predicted octanol–water partition coefficient (Wildman–Crippen LogP) is 3.98. The molecule has 0 fully saturated rings. The minimum atomic E-state index is -0.204. The van der Waals surface area contributed by atoms with Crippen molar-refractivity contribution in [2.24, 2.45) is 0 Å². The molecule has 1 aromatic rings. The zero-order valence-corrected chi connectivity index (χ0v) is 12.5. The van der Waals surface area contributed by atoms with Crippen molar-refractivity contribution in [1.29, 1.82) is 0 Å². The Hall–Kier alpha value is -1.06. The number of benzene rings is 1. The Morgan fingerprint density at radius 3 is 2.21 bits per heavy atom. The van der Waals surface area contributed by atoms with Gasteiger partial charge in [0, 0.05) is 13.5 Å². The van der Waals surface area contributed by atoms with E-state index < -0.39 is 0 Å². The van der Waals surface area contributed by atoms with Crippen LogP contribution in [0.1, 0.15) is 45.1 Å². The Kier molecular flexibility index (Phi) is 7.53. The molecule has 108 valence electrons. The fourth-order valence-corrected chi connectivity index (χ4v) is 1.76. The van der Waals surface area contributed by atoms with E-state index in [2.05, 4.69) is 26.0 Å². The van der Waals surface area contributed by atoms with E-state index in [-0.39, 0.29) is 6.29 Å². The molecule has 0 heterocycles. The second kappa shape index (κ2) is 8.94. The smallest absolute Gasteiger partial charge is 0.199 e. The molecule has 1 aromatic carbocycles. The molecule has 0 aliphatic heterocycles. The molecule has 0 aliphatic rings. The summed E-state index contributed by atoms with van der Waals surface area (Å²) in [7, 11) is 1.67. The summed E-state index contributed by atoms with van der Waals surface area (Å²) in [4.78, 5) is 0. The first kappa shape index (κ1) is 16.0. The zero-order chi connectivity index (χ0) is 14.1. The highest BCUT2D eigenvalue weighted by atomic mass is 16.7. The summed E-state index contributed by atoms with van der Waals surface area (Å²) >= 11 is 0. The van der Waals surface area contributed by atoms with Crippen LogP contribution in [0, 0.1) is 0 Å². The summed E-state index contributed by atoms with van der Waals surface area (Å²) in [6, 6.07) is 8.30. The molecule has 0 saturated heterocycles. The molecule has 2 unspecified atom stereocenters. The van der Waals surface area contributed by atoms with Gasteiger partial charge in [0.25, 0.3) is 0 Å². The number of ether oxygens (including phenoxy) is 3. The third kappa shape index (κ3) is 5.62. The lowest BCUT2D eigenvalue weighted by atomic mass is 9.99. The van der Waals surface area contributed by atoms with Crippen LogP contribution in [-0.2, 0) is 9.47 Å². The molecule has 0 amide bonds. The molecule has 1 rings (SSSR count). The van der Waals surface area contributed by atoms with Crippen molar-refractivity contribution in [3.05, 3.63) is 29.8 Å². The van der Waals surface area contributed by atoms with Gasteiger partial charge in [-0.2, -0.15) is 0 Å². The minimum absolute atomic E-state index is 0.204. The fraction of sp³-hybridized carbons (Fsp3) is 0.625. The van der Waals surface area contributed by atoms with Crippen molar-refractivity contribution in [3.63, 3.8) is 0 Å². The summed E-state index contributed by atoms with van der Waals surface area (Å²) in [5, 5.41) is 0. The van der Waals surface area contributed by atoms with Crippen LogP contribution in [0.2, 0.25) is 0 Å². The van der Waals surface area contributed by atoms with Gasteiger partial charge >= 0.3 is 0 Å². The Labute approximate surface area is 116 Å². The number of hydrogen-bond acceptors (Lipinski definition) is 3. The summed E-state index contributed by atoms with van der Waals surface area (Å²) in [5.74, 6) is 1.45. The van der Waals surface area contributed by atoms with Crippen molar-refractivity contribution in [3.8, 4) is 5.75 Å². The highest BCUT2D eigenvalue weighted by molar-refractivity contribution is 5.29. The SMILES string of the molecule is CCC(OCCOC)Oc1ccc(C(C)CC)cc1. The molecule has 0 saturated carbocycles. The van der Waals surface area contributed by atoms with Crippen molar-refractivity contribution in [2.75, 3.05) is 20.3 Å². The monoisotopic (exact) mass is 266 g/mol. The van der Waals surface area contributed by atoms with Crippen LogP contribution in [0.3, 0.4) is 0 Å². The molecule has 0 radical (unpaired) electrons. The van der Waals surface area contributed by atoms with Gasteiger partial charge in [0.2, 0.25) is 0 Å². The molecule has 2 atom stereocenters. The van der Waals surface area contributed by atoms with Crippen molar-refractivity contribution in [2.45, 2.75) is 45.8 Å². The molecule has 0 aromatic heterocycles. The van der Waals surface area contributed by atoms with E-state index in [9.17, 15) is 0 Å². The van der Waals surface area contributed by atoms with E-state index in [1.54, 1.807) is 7.11 Å². The number of rotatable bonds is 9. The summed E-state index contributed by atoms with van der Waals surface area (Å²) in [5.41, 5.74) is 1.35. The van der Waals surface area contributed by atoms with Gasteiger partial charge in [-0.25, -0.2) is 0 Å². The maximum Gasteiger partial charge on any atom is 0.199 e. The van der Waals surface area contributed by atoms with Crippen molar-refractivity contribution < 1.29 is 14.2 Å². The number of methoxy groups -OCH3 is 1. The molecule has 0 bridgehead atoms. The summed E-state index contributed by atoms with van der Waals surface area (Å²) < 4.78 is 16.3. The van der Waals surface area contributed by atoms with E-state index in [0.717, 1.165) is 18.6 Å². The van der Waals surface area contributed by atoms with Crippen LogP contribution in [0.4, 0.5) is 0 Å². The average molecular weight is 266 g/mol. The molecular weight excluding hydrogens is 240 g/mol. The van der Waals surface area contributed by atoms with Gasteiger partial charge < -0.3 is 14.2 Å². The van der Waals surface area contributed by atoms with Crippen LogP contribution < -0.4 is 4.74 Å². The van der Waals surface area contributed by atoms with Crippen LogP contribution in [0.15, 0.2) is 24.3 Å². The molecule has 3 nitrogen and oxygen atoms in total. The Morgan fingerprint density at radius 1 is 1.00 bits per heavy atom. The molecular formula is C16H26O3. The maximum atomic E-state index is 5.80. The first-order valence-electron chi connectivity index (χ1n) is 7.08. The van der Waals surface area contributed by atoms with Gasteiger partial charge in [0.15, 0.2) is 6.29 Å². The van der Waals surface area contributed by atoms with Crippen LogP contribution >= 0.6 is 0 Å². The van der Waals surface area contributed by atoms with E-state index in [0.29, 0.717) is 19.1 Å². The fourth-order valence-electron chi connectivity index (χ4n) is 1.76. The highest BCUT2D eigenvalue weighted by Crippen LogP contribution is 2.22. The van der Waals surface area contributed by atoms with Gasteiger partial charge in [-0.15, -0.1) is 0 Å². The quantitative estimate of drug-likeness (QED) is 0.500. The van der Waals surface area contributed by atoms with Gasteiger partial charge in [-0.3, -0.25) is 0 Å². The molecule has 0 N–H and O–H groups in total. The molecule has 0 spiro atoms. The lowest BCUT2D eigenvalue weighted by Gasteiger charge is -2.18. The Morgan fingerprint density at radius 2 is 1.68 bits per heavy atom. The lowest BCUT2D eigenvalue weighted by molar-refractivity contribution is -0.0931. The minimum Gasteiger partial charge on any atom is -0.465 e. The van der Waals surface area contributed by atoms with Gasteiger partial charge in [0.05, 0.1) is 13.2 Å². The maximum absolute atomic E-state index is 5.80. The third-order valence-corrected chi connectivity index (χ3v) is 3.25. The first-order chi connectivity index (χ1) is 9.21. The topological polar surface area (TPSA) is 27.7 Å². The van der Waals surface area contributed by atoms with Crippen molar-refractivity contribution >= 4 is 0 Å². The Bertz CT molecular complexity index is 334. The summed E-state index contributed by atoms with van der Waals surface area (Å²) in [6.45, 7) is 7.63. The van der Waals surface area contributed by atoms with Crippen LogP contribution in [0.5, 0.6) is 5.75 Å². The van der Waals surface area contributed by atoms with Crippen molar-refractivity contribution in [1.82, 2.24) is 0 Å². The number of hydrogen-bond donors (Lipinski definition) is 0. The van der Waals surface area contributed by atoms with Gasteiger partial charge in [0.1, 0.15) is 5.75 Å². The standard InChI is InChI=1S/C16H26O3/c1-5-13(3)14-7-9-15(10-8-14)19-16(6-2)18-12-11-17-4/h7-10,13,16H,5-6,11-12H2,1-4H3. The van der Waals surface area contributed by atoms with E-state index in [1.165, 1.54) is 5.56 Å². The van der Waals surface area contributed by atoms with E-state index in [1.807, 2.05) is 19.1 Å². The van der Waals surface area contributed by atoms with E-state index >= 15 is 0 Å². The zero-order valence-electron chi connectivity index (χ0n) is 12.5.